The van der Waals surface area contributed by atoms with Gasteiger partial charge in [0.2, 0.25) is 5.67 Å². The Hall–Kier alpha value is -2.90. The van der Waals surface area contributed by atoms with Crippen LogP contribution in [-0.2, 0) is 4.79 Å². The fraction of sp³-hybridized carbons (Fsp3) is 0.312. The number of hydrogen-bond donors (Lipinski definition) is 2. The average molecular weight is 333 g/mol. The van der Waals surface area contributed by atoms with Crippen LogP contribution in [0.3, 0.4) is 0 Å². The Labute approximate surface area is 137 Å². The van der Waals surface area contributed by atoms with E-state index in [0.717, 1.165) is 5.56 Å². The number of amides is 1. The molecule has 8 heteroatoms. The quantitative estimate of drug-likeness (QED) is 0.888. The number of nitrogens with one attached hydrogen (secondary N) is 1. The van der Waals surface area contributed by atoms with Gasteiger partial charge >= 0.3 is 5.97 Å². The van der Waals surface area contributed by atoms with Gasteiger partial charge in [0.05, 0.1) is 31.1 Å². The summed E-state index contributed by atoms with van der Waals surface area (Å²) in [6, 6.07) is 7.03. The van der Waals surface area contributed by atoms with Crippen LogP contribution in [0.2, 0.25) is 0 Å². The number of benzene rings is 1. The lowest BCUT2D eigenvalue weighted by atomic mass is 10.1. The topological polar surface area (TPSA) is 95.5 Å². The number of ether oxygens (including phenoxy) is 1. The Morgan fingerprint density at radius 3 is 2.67 bits per heavy atom. The van der Waals surface area contributed by atoms with E-state index in [-0.39, 0.29) is 18.5 Å². The molecule has 1 aliphatic rings. The van der Waals surface area contributed by atoms with Gasteiger partial charge in [-0.25, -0.2) is 9.18 Å². The van der Waals surface area contributed by atoms with Gasteiger partial charge in [-0.05, 0) is 24.3 Å². The molecule has 24 heavy (non-hydrogen) atoms. The van der Waals surface area contributed by atoms with Crippen LogP contribution in [0.4, 0.5) is 4.39 Å². The van der Waals surface area contributed by atoms with Gasteiger partial charge in [0.15, 0.2) is 0 Å². The number of nitrogens with zero attached hydrogens (tertiary/aromatic N) is 2. The summed E-state index contributed by atoms with van der Waals surface area (Å²) in [5.74, 6) is -1.31. The minimum absolute atomic E-state index is 0.0505. The van der Waals surface area contributed by atoms with Crippen molar-refractivity contribution in [1.29, 1.82) is 0 Å². The number of rotatable bonds is 4. The van der Waals surface area contributed by atoms with Crippen LogP contribution in [0.1, 0.15) is 16.8 Å². The Morgan fingerprint density at radius 1 is 1.38 bits per heavy atom. The number of methoxy groups -OCH3 is 1. The maximum atomic E-state index is 14.2. The van der Waals surface area contributed by atoms with Crippen LogP contribution < -0.4 is 4.74 Å². The third kappa shape index (κ3) is 2.70. The Morgan fingerprint density at radius 2 is 2.08 bits per heavy atom. The molecule has 1 atom stereocenters. The van der Waals surface area contributed by atoms with E-state index in [1.165, 1.54) is 11.1 Å². The Kier molecular flexibility index (Phi) is 3.96. The number of aliphatic carboxylic acids is 1. The molecule has 2 N–H and O–H groups in total. The normalized spacial score (nSPS) is 20.2. The number of aromatic amines is 1. The third-order valence-corrected chi connectivity index (χ3v) is 4.14. The van der Waals surface area contributed by atoms with E-state index in [1.807, 2.05) is 0 Å². The van der Waals surface area contributed by atoms with Crippen molar-refractivity contribution in [3.05, 3.63) is 36.0 Å². The highest BCUT2D eigenvalue weighted by atomic mass is 19.1. The van der Waals surface area contributed by atoms with E-state index >= 15 is 0 Å². The standard InChI is InChI=1S/C16H16FN3O4/c1-24-11-4-2-10(3-5-11)13-12(8-18-19-13)14(21)20-7-6-16(17,9-20)15(22)23/h2-5,8H,6-7,9H2,1H3,(H,18,19)(H,22,23). The van der Waals surface area contributed by atoms with Crippen LogP contribution in [0.5, 0.6) is 5.75 Å². The molecule has 0 saturated carbocycles. The number of likely N-dealkylation sites (tertiary alicyclic amines) is 1. The second kappa shape index (κ2) is 5.95. The molecule has 1 unspecified atom stereocenters. The van der Waals surface area contributed by atoms with Gasteiger partial charge < -0.3 is 14.7 Å². The van der Waals surface area contributed by atoms with Crippen molar-refractivity contribution in [1.82, 2.24) is 15.1 Å². The summed E-state index contributed by atoms with van der Waals surface area (Å²) in [6.07, 6.45) is 1.14. The highest BCUT2D eigenvalue weighted by Crippen LogP contribution is 2.29. The predicted molar refractivity (Wildman–Crippen MR) is 82.6 cm³/mol. The zero-order valence-corrected chi connectivity index (χ0v) is 13.0. The van der Waals surface area contributed by atoms with E-state index in [4.69, 9.17) is 9.84 Å². The van der Waals surface area contributed by atoms with Crippen LogP contribution >= 0.6 is 0 Å². The van der Waals surface area contributed by atoms with E-state index in [9.17, 15) is 14.0 Å². The number of carbonyl (C=O) groups excluding carboxylic acids is 1. The molecule has 7 nitrogen and oxygen atoms in total. The van der Waals surface area contributed by atoms with Gasteiger partial charge in [0, 0.05) is 18.5 Å². The van der Waals surface area contributed by atoms with Crippen LogP contribution in [0.25, 0.3) is 11.3 Å². The van der Waals surface area contributed by atoms with Crippen molar-refractivity contribution in [3.8, 4) is 17.0 Å². The SMILES string of the molecule is COc1ccc(-c2[nH]ncc2C(=O)N2CCC(F)(C(=O)O)C2)cc1. The molecule has 1 saturated heterocycles. The summed E-state index contributed by atoms with van der Waals surface area (Å²) in [7, 11) is 1.55. The number of halogens is 1. The summed E-state index contributed by atoms with van der Waals surface area (Å²) < 4.78 is 19.3. The second-order valence-electron chi connectivity index (χ2n) is 5.63. The van der Waals surface area contributed by atoms with Crippen molar-refractivity contribution >= 4 is 11.9 Å². The van der Waals surface area contributed by atoms with E-state index in [0.29, 0.717) is 11.4 Å². The zero-order chi connectivity index (χ0) is 17.3. The first kappa shape index (κ1) is 16.0. The lowest BCUT2D eigenvalue weighted by Crippen LogP contribution is -2.38. The van der Waals surface area contributed by atoms with Crippen LogP contribution in [0.15, 0.2) is 30.5 Å². The molecule has 2 heterocycles. The van der Waals surface area contributed by atoms with Crippen LogP contribution in [0, 0.1) is 0 Å². The number of carboxylic acids is 1. The second-order valence-corrected chi connectivity index (χ2v) is 5.63. The van der Waals surface area contributed by atoms with E-state index in [1.54, 1.807) is 31.4 Å². The molecule has 0 bridgehead atoms. The fourth-order valence-electron chi connectivity index (χ4n) is 2.72. The summed E-state index contributed by atoms with van der Waals surface area (Å²) >= 11 is 0. The van der Waals surface area contributed by atoms with Crippen molar-refractivity contribution in [2.75, 3.05) is 20.2 Å². The molecule has 0 radical (unpaired) electrons. The van der Waals surface area contributed by atoms with Gasteiger partial charge in [0.25, 0.3) is 5.91 Å². The summed E-state index contributed by atoms with van der Waals surface area (Å²) in [6.45, 7) is -0.413. The first-order valence-electron chi connectivity index (χ1n) is 7.34. The molecular formula is C16H16FN3O4. The predicted octanol–water partition coefficient (Wildman–Crippen LogP) is 1.72. The molecular weight excluding hydrogens is 317 g/mol. The summed E-state index contributed by atoms with van der Waals surface area (Å²) in [4.78, 5) is 24.8. The van der Waals surface area contributed by atoms with Crippen molar-refractivity contribution < 1.29 is 23.8 Å². The average Bonchev–Trinajstić information content (AvgIpc) is 3.22. The molecule has 1 amide bonds. The molecule has 126 valence electrons. The number of aromatic nitrogens is 2. The third-order valence-electron chi connectivity index (χ3n) is 4.14. The first-order chi connectivity index (χ1) is 11.4. The van der Waals surface area contributed by atoms with Gasteiger partial charge in [-0.2, -0.15) is 5.10 Å². The fourth-order valence-corrected chi connectivity index (χ4v) is 2.72. The molecule has 1 aromatic carbocycles. The molecule has 1 fully saturated rings. The largest absolute Gasteiger partial charge is 0.497 e. The van der Waals surface area contributed by atoms with E-state index < -0.39 is 24.1 Å². The van der Waals surface area contributed by atoms with Gasteiger partial charge in [-0.1, -0.05) is 0 Å². The summed E-state index contributed by atoms with van der Waals surface area (Å²) in [5.41, 5.74) is -0.899. The number of carboxylic acid groups (broad SMARTS) is 1. The zero-order valence-electron chi connectivity index (χ0n) is 13.0. The minimum atomic E-state index is -2.39. The molecule has 2 aromatic rings. The van der Waals surface area contributed by atoms with Gasteiger partial charge in [-0.15, -0.1) is 0 Å². The molecule has 1 aliphatic heterocycles. The van der Waals surface area contributed by atoms with Gasteiger partial charge in [-0.3, -0.25) is 9.89 Å². The summed E-state index contributed by atoms with van der Waals surface area (Å²) in [5, 5.41) is 15.6. The highest BCUT2D eigenvalue weighted by molar-refractivity contribution is 6.00. The number of carbonyl (C=O) groups is 2. The Bertz CT molecular complexity index is 774. The van der Waals surface area contributed by atoms with Crippen molar-refractivity contribution in [2.24, 2.45) is 0 Å². The van der Waals surface area contributed by atoms with Crippen LogP contribution in [-0.4, -0.2) is 57.9 Å². The highest BCUT2D eigenvalue weighted by Gasteiger charge is 2.47. The van der Waals surface area contributed by atoms with E-state index in [2.05, 4.69) is 10.2 Å². The number of alkyl halides is 1. The van der Waals surface area contributed by atoms with Gasteiger partial charge in [0.1, 0.15) is 5.75 Å². The molecule has 0 aliphatic carbocycles. The lowest BCUT2D eigenvalue weighted by Gasteiger charge is -2.17. The molecule has 1 aromatic heterocycles. The lowest BCUT2D eigenvalue weighted by molar-refractivity contribution is -0.149. The first-order valence-corrected chi connectivity index (χ1v) is 7.34. The Balaban J connectivity index is 1.85. The molecule has 3 rings (SSSR count). The maximum absolute atomic E-state index is 14.2. The smallest absolute Gasteiger partial charge is 0.343 e. The van der Waals surface area contributed by atoms with Crippen molar-refractivity contribution in [2.45, 2.75) is 12.1 Å². The monoisotopic (exact) mass is 333 g/mol. The van der Waals surface area contributed by atoms with Crippen molar-refractivity contribution in [3.63, 3.8) is 0 Å². The maximum Gasteiger partial charge on any atom is 0.343 e. The minimum Gasteiger partial charge on any atom is -0.497 e. The number of hydrogen-bond acceptors (Lipinski definition) is 4. The number of H-pyrrole nitrogens is 1. The molecule has 0 spiro atoms.